The minimum atomic E-state index is -0.424. The summed E-state index contributed by atoms with van der Waals surface area (Å²) in [5.74, 6) is 1.11. The molecule has 98 valence electrons. The molecule has 1 aliphatic carbocycles. The fourth-order valence-electron chi connectivity index (χ4n) is 1.84. The van der Waals surface area contributed by atoms with Crippen LogP contribution in [-0.4, -0.2) is 21.3 Å². The minimum absolute atomic E-state index is 0.0286. The van der Waals surface area contributed by atoms with E-state index >= 15 is 0 Å². The number of urea groups is 1. The Morgan fingerprint density at radius 2 is 2.11 bits per heavy atom. The van der Waals surface area contributed by atoms with E-state index in [2.05, 4.69) is 20.8 Å². The average Bonchev–Trinajstić information content (AvgIpc) is 3.14. The molecular weight excluding hydrogens is 244 g/mol. The van der Waals surface area contributed by atoms with Crippen LogP contribution < -0.4 is 10.6 Å². The van der Waals surface area contributed by atoms with Crippen molar-refractivity contribution in [1.29, 1.82) is 0 Å². The maximum Gasteiger partial charge on any atom is 0.324 e. The number of carbonyl (C=O) groups excluding carboxylic acids is 1. The van der Waals surface area contributed by atoms with Crippen molar-refractivity contribution < 1.29 is 9.90 Å². The lowest BCUT2D eigenvalue weighted by Gasteiger charge is -2.07. The Labute approximate surface area is 109 Å². The van der Waals surface area contributed by atoms with Gasteiger partial charge >= 0.3 is 6.03 Å². The van der Waals surface area contributed by atoms with Crippen LogP contribution in [-0.2, 0) is 0 Å². The zero-order valence-electron chi connectivity index (χ0n) is 10.2. The number of amides is 2. The van der Waals surface area contributed by atoms with Crippen molar-refractivity contribution >= 4 is 17.5 Å². The number of nitrogens with zero attached hydrogens (tertiary/aromatic N) is 1. The van der Waals surface area contributed by atoms with Crippen molar-refractivity contribution in [2.24, 2.45) is 0 Å². The SMILES string of the molecule is O=C(Nc1cc(C2CC2)n[nH]1)Nc1ccccc1O. The highest BCUT2D eigenvalue weighted by Gasteiger charge is 2.26. The van der Waals surface area contributed by atoms with Gasteiger partial charge in [-0.25, -0.2) is 4.79 Å². The maximum atomic E-state index is 11.7. The number of nitrogens with one attached hydrogen (secondary N) is 3. The number of anilines is 2. The van der Waals surface area contributed by atoms with Gasteiger partial charge in [0.25, 0.3) is 0 Å². The van der Waals surface area contributed by atoms with Crippen LogP contribution in [0.3, 0.4) is 0 Å². The third kappa shape index (κ3) is 2.67. The Balaban J connectivity index is 1.62. The molecule has 0 bridgehead atoms. The van der Waals surface area contributed by atoms with Gasteiger partial charge in [0.05, 0.1) is 11.4 Å². The predicted molar refractivity (Wildman–Crippen MR) is 71.3 cm³/mol. The lowest BCUT2D eigenvalue weighted by atomic mass is 10.3. The van der Waals surface area contributed by atoms with Gasteiger partial charge in [-0.2, -0.15) is 5.10 Å². The van der Waals surface area contributed by atoms with E-state index in [1.165, 1.54) is 6.07 Å². The number of aromatic hydroxyl groups is 1. The van der Waals surface area contributed by atoms with Crippen LogP contribution in [0.25, 0.3) is 0 Å². The summed E-state index contributed by atoms with van der Waals surface area (Å²) in [7, 11) is 0. The van der Waals surface area contributed by atoms with Gasteiger partial charge in [0.15, 0.2) is 0 Å². The maximum absolute atomic E-state index is 11.7. The minimum Gasteiger partial charge on any atom is -0.506 e. The summed E-state index contributed by atoms with van der Waals surface area (Å²) in [4.78, 5) is 11.7. The third-order valence-electron chi connectivity index (χ3n) is 2.99. The first kappa shape index (κ1) is 11.6. The van der Waals surface area contributed by atoms with E-state index < -0.39 is 6.03 Å². The molecule has 1 heterocycles. The van der Waals surface area contributed by atoms with E-state index in [4.69, 9.17) is 0 Å². The van der Waals surface area contributed by atoms with Crippen LogP contribution in [0.5, 0.6) is 5.75 Å². The van der Waals surface area contributed by atoms with E-state index in [9.17, 15) is 9.90 Å². The zero-order valence-corrected chi connectivity index (χ0v) is 10.2. The number of carbonyl (C=O) groups is 1. The van der Waals surface area contributed by atoms with Crippen molar-refractivity contribution in [3.8, 4) is 5.75 Å². The van der Waals surface area contributed by atoms with Gasteiger partial charge in [0, 0.05) is 12.0 Å². The van der Waals surface area contributed by atoms with Crippen LogP contribution in [0.2, 0.25) is 0 Å². The molecule has 0 aliphatic heterocycles. The number of benzene rings is 1. The number of phenols is 1. The molecule has 6 nitrogen and oxygen atoms in total. The molecule has 0 radical (unpaired) electrons. The number of para-hydroxylation sites is 2. The van der Waals surface area contributed by atoms with Crippen LogP contribution >= 0.6 is 0 Å². The molecule has 1 aliphatic rings. The number of phenolic OH excluding ortho intramolecular Hbond substituents is 1. The molecule has 1 aromatic heterocycles. The lowest BCUT2D eigenvalue weighted by molar-refractivity contribution is 0.262. The number of aromatic amines is 1. The molecule has 2 amide bonds. The van der Waals surface area contributed by atoms with E-state index in [0.29, 0.717) is 17.4 Å². The van der Waals surface area contributed by atoms with Crippen molar-refractivity contribution in [3.05, 3.63) is 36.0 Å². The van der Waals surface area contributed by atoms with Gasteiger partial charge in [-0.15, -0.1) is 0 Å². The Bertz CT molecular complexity index is 604. The van der Waals surface area contributed by atoms with Gasteiger partial charge in [0.1, 0.15) is 11.6 Å². The topological polar surface area (TPSA) is 90.0 Å². The molecular formula is C13H14N4O2. The fourth-order valence-corrected chi connectivity index (χ4v) is 1.84. The molecule has 19 heavy (non-hydrogen) atoms. The first-order valence-electron chi connectivity index (χ1n) is 6.13. The summed E-state index contributed by atoms with van der Waals surface area (Å²) in [5, 5.41) is 21.7. The molecule has 1 saturated carbocycles. The Hall–Kier alpha value is -2.50. The molecule has 0 spiro atoms. The van der Waals surface area contributed by atoms with Crippen molar-refractivity contribution in [1.82, 2.24) is 10.2 Å². The molecule has 3 rings (SSSR count). The summed E-state index contributed by atoms with van der Waals surface area (Å²) >= 11 is 0. The van der Waals surface area contributed by atoms with Gasteiger partial charge in [-0.05, 0) is 25.0 Å². The summed E-state index contributed by atoms with van der Waals surface area (Å²) in [5.41, 5.74) is 1.35. The highest BCUT2D eigenvalue weighted by atomic mass is 16.3. The molecule has 4 N–H and O–H groups in total. The van der Waals surface area contributed by atoms with Crippen LogP contribution in [0.1, 0.15) is 24.5 Å². The lowest BCUT2D eigenvalue weighted by Crippen LogP contribution is -2.19. The molecule has 6 heteroatoms. The van der Waals surface area contributed by atoms with Crippen LogP contribution in [0, 0.1) is 0 Å². The van der Waals surface area contributed by atoms with E-state index in [1.54, 1.807) is 18.2 Å². The van der Waals surface area contributed by atoms with Crippen LogP contribution in [0.15, 0.2) is 30.3 Å². The average molecular weight is 258 g/mol. The Kier molecular flexibility index (Phi) is 2.83. The highest BCUT2D eigenvalue weighted by Crippen LogP contribution is 2.39. The second-order valence-electron chi connectivity index (χ2n) is 4.58. The van der Waals surface area contributed by atoms with Crippen molar-refractivity contribution in [3.63, 3.8) is 0 Å². The number of hydrogen-bond acceptors (Lipinski definition) is 3. The molecule has 0 saturated heterocycles. The molecule has 1 fully saturated rings. The van der Waals surface area contributed by atoms with Crippen LogP contribution in [0.4, 0.5) is 16.3 Å². The standard InChI is InChI=1S/C13H14N4O2/c18-11-4-2-1-3-9(11)14-13(19)15-12-7-10(16-17-12)8-5-6-8/h1-4,7-8,18H,5-6H2,(H3,14,15,16,17,19). The number of rotatable bonds is 3. The summed E-state index contributed by atoms with van der Waals surface area (Å²) in [6, 6.07) is 7.97. The second-order valence-corrected chi connectivity index (χ2v) is 4.58. The van der Waals surface area contributed by atoms with E-state index in [-0.39, 0.29) is 5.75 Å². The van der Waals surface area contributed by atoms with E-state index in [0.717, 1.165) is 18.5 Å². The van der Waals surface area contributed by atoms with Gasteiger partial charge in [-0.1, -0.05) is 12.1 Å². The van der Waals surface area contributed by atoms with Crippen molar-refractivity contribution in [2.45, 2.75) is 18.8 Å². The smallest absolute Gasteiger partial charge is 0.324 e. The summed E-state index contributed by atoms with van der Waals surface area (Å²) in [6.45, 7) is 0. The number of H-pyrrole nitrogens is 1. The first-order chi connectivity index (χ1) is 9.22. The quantitative estimate of drug-likeness (QED) is 0.638. The van der Waals surface area contributed by atoms with Gasteiger partial charge < -0.3 is 10.4 Å². The Morgan fingerprint density at radius 1 is 1.32 bits per heavy atom. The number of hydrogen-bond donors (Lipinski definition) is 4. The van der Waals surface area contributed by atoms with E-state index in [1.807, 2.05) is 6.07 Å². The highest BCUT2D eigenvalue weighted by molar-refractivity contribution is 6.00. The summed E-state index contributed by atoms with van der Waals surface area (Å²) in [6.07, 6.45) is 2.32. The molecule has 2 aromatic rings. The normalized spacial score (nSPS) is 14.1. The third-order valence-corrected chi connectivity index (χ3v) is 2.99. The Morgan fingerprint density at radius 3 is 2.84 bits per heavy atom. The molecule has 0 unspecified atom stereocenters. The number of aromatic nitrogens is 2. The monoisotopic (exact) mass is 258 g/mol. The zero-order chi connectivity index (χ0) is 13.2. The second kappa shape index (κ2) is 4.64. The molecule has 1 aromatic carbocycles. The first-order valence-corrected chi connectivity index (χ1v) is 6.13. The summed E-state index contributed by atoms with van der Waals surface area (Å²) < 4.78 is 0. The van der Waals surface area contributed by atoms with Gasteiger partial charge in [0.2, 0.25) is 0 Å². The van der Waals surface area contributed by atoms with Gasteiger partial charge in [-0.3, -0.25) is 10.4 Å². The fraction of sp³-hybridized carbons (Fsp3) is 0.231. The predicted octanol–water partition coefficient (Wildman–Crippen LogP) is 2.64. The largest absolute Gasteiger partial charge is 0.506 e. The molecule has 0 atom stereocenters. The van der Waals surface area contributed by atoms with Crippen molar-refractivity contribution in [2.75, 3.05) is 10.6 Å².